The van der Waals surface area contributed by atoms with E-state index in [0.717, 1.165) is 35.4 Å². The van der Waals surface area contributed by atoms with Crippen LogP contribution in [0.2, 0.25) is 0 Å². The Labute approximate surface area is 193 Å². The highest BCUT2D eigenvalue weighted by Crippen LogP contribution is 2.36. The molecule has 5 rings (SSSR count). The zero-order valence-electron chi connectivity index (χ0n) is 19.3. The van der Waals surface area contributed by atoms with Gasteiger partial charge in [-0.1, -0.05) is 30.3 Å². The van der Waals surface area contributed by atoms with E-state index in [2.05, 4.69) is 5.10 Å². The number of aromatic nitrogens is 4. The Hall–Kier alpha value is -3.55. The molecule has 33 heavy (non-hydrogen) atoms. The summed E-state index contributed by atoms with van der Waals surface area (Å²) in [7, 11) is 1.82. The molecule has 1 aromatic carbocycles. The van der Waals surface area contributed by atoms with Gasteiger partial charge in [0.25, 0.3) is 5.91 Å². The van der Waals surface area contributed by atoms with E-state index in [1.165, 1.54) is 0 Å². The Morgan fingerprint density at radius 3 is 2.61 bits per heavy atom. The molecule has 1 fully saturated rings. The maximum Gasteiger partial charge on any atom is 0.257 e. The quantitative estimate of drug-likeness (QED) is 0.617. The highest BCUT2D eigenvalue weighted by Gasteiger charge is 2.36. The van der Waals surface area contributed by atoms with Crippen LogP contribution < -0.4 is 4.90 Å². The molecule has 0 N–H and O–H groups in total. The van der Waals surface area contributed by atoms with E-state index in [4.69, 9.17) is 9.97 Å². The van der Waals surface area contributed by atoms with E-state index in [-0.39, 0.29) is 17.9 Å². The third-order valence-corrected chi connectivity index (χ3v) is 6.59. The zero-order chi connectivity index (χ0) is 23.1. The monoisotopic (exact) mass is 444 g/mol. The third-order valence-electron chi connectivity index (χ3n) is 6.59. The van der Waals surface area contributed by atoms with Crippen molar-refractivity contribution in [3.05, 3.63) is 70.4 Å². The van der Waals surface area contributed by atoms with Gasteiger partial charge in [0.2, 0.25) is 5.91 Å². The Kier molecular flexibility index (Phi) is 5.44. The second-order valence-corrected chi connectivity index (χ2v) is 8.89. The van der Waals surface area contributed by atoms with Gasteiger partial charge in [-0.3, -0.25) is 19.2 Å². The van der Waals surface area contributed by atoms with Gasteiger partial charge >= 0.3 is 0 Å². The first kappa shape index (κ1) is 21.3. The van der Waals surface area contributed by atoms with Gasteiger partial charge in [0.15, 0.2) is 5.82 Å². The van der Waals surface area contributed by atoms with Gasteiger partial charge in [-0.2, -0.15) is 5.10 Å². The van der Waals surface area contributed by atoms with Crippen molar-refractivity contribution in [2.24, 2.45) is 7.05 Å². The van der Waals surface area contributed by atoms with Crippen LogP contribution >= 0.6 is 0 Å². The van der Waals surface area contributed by atoms with Crippen LogP contribution in [0.3, 0.4) is 0 Å². The number of rotatable bonds is 4. The average molecular weight is 445 g/mol. The molecule has 0 radical (unpaired) electrons. The molecule has 0 saturated carbocycles. The van der Waals surface area contributed by atoms with E-state index in [9.17, 15) is 9.59 Å². The smallest absolute Gasteiger partial charge is 0.257 e. The first-order chi connectivity index (χ1) is 15.9. The highest BCUT2D eigenvalue weighted by molar-refractivity contribution is 5.96. The molecule has 8 nitrogen and oxygen atoms in total. The van der Waals surface area contributed by atoms with Crippen molar-refractivity contribution in [3.8, 4) is 0 Å². The fourth-order valence-corrected chi connectivity index (χ4v) is 4.92. The maximum absolute atomic E-state index is 13.3. The third kappa shape index (κ3) is 3.90. The average Bonchev–Trinajstić information content (AvgIpc) is 3.42. The molecule has 4 heterocycles. The number of carbonyl (C=O) groups is 2. The molecule has 1 atom stereocenters. The molecule has 0 spiro atoms. The predicted octanol–water partition coefficient (Wildman–Crippen LogP) is 3.28. The number of fused-ring (bicyclic) bond motifs is 1. The Balaban J connectivity index is 1.50. The Bertz CT molecular complexity index is 1220. The predicted molar refractivity (Wildman–Crippen MR) is 124 cm³/mol. The number of aryl methyl sites for hydroxylation is 3. The fourth-order valence-electron chi connectivity index (χ4n) is 4.92. The van der Waals surface area contributed by atoms with Gasteiger partial charge in [-0.05, 0) is 38.7 Å². The van der Waals surface area contributed by atoms with Gasteiger partial charge in [-0.15, -0.1) is 0 Å². The number of hydrogen-bond acceptors (Lipinski definition) is 5. The van der Waals surface area contributed by atoms with Crippen LogP contribution in [0.5, 0.6) is 0 Å². The first-order valence-electron chi connectivity index (χ1n) is 11.5. The molecule has 2 aromatic heterocycles. The van der Waals surface area contributed by atoms with Crippen LogP contribution in [0, 0.1) is 13.8 Å². The Morgan fingerprint density at radius 1 is 1.09 bits per heavy atom. The SMILES string of the molecule is Cc1nn(C)cc1C(=O)N1CCC[C@@H]1c1nc(C)c2c(n1)N(Cc1ccccc1)C(=O)CC2. The number of amides is 2. The molecule has 0 bridgehead atoms. The second-order valence-electron chi connectivity index (χ2n) is 8.89. The summed E-state index contributed by atoms with van der Waals surface area (Å²) in [6.07, 6.45) is 4.56. The van der Waals surface area contributed by atoms with Crippen LogP contribution in [-0.4, -0.2) is 43.0 Å². The lowest BCUT2D eigenvalue weighted by molar-refractivity contribution is -0.119. The van der Waals surface area contributed by atoms with E-state index >= 15 is 0 Å². The zero-order valence-corrected chi connectivity index (χ0v) is 19.3. The van der Waals surface area contributed by atoms with Crippen molar-refractivity contribution in [1.82, 2.24) is 24.6 Å². The van der Waals surface area contributed by atoms with Crippen molar-refractivity contribution >= 4 is 17.6 Å². The number of likely N-dealkylation sites (tertiary alicyclic amines) is 1. The van der Waals surface area contributed by atoms with E-state index in [1.807, 2.05) is 56.1 Å². The number of anilines is 1. The fraction of sp³-hybridized carbons (Fsp3) is 0.400. The van der Waals surface area contributed by atoms with Crippen molar-refractivity contribution in [2.45, 2.75) is 52.1 Å². The van der Waals surface area contributed by atoms with Gasteiger partial charge in [0.05, 0.1) is 23.8 Å². The summed E-state index contributed by atoms with van der Waals surface area (Å²) in [5.74, 6) is 1.33. The van der Waals surface area contributed by atoms with Crippen molar-refractivity contribution in [3.63, 3.8) is 0 Å². The van der Waals surface area contributed by atoms with Crippen LogP contribution in [-0.2, 0) is 24.8 Å². The first-order valence-corrected chi connectivity index (χ1v) is 11.5. The van der Waals surface area contributed by atoms with Crippen molar-refractivity contribution < 1.29 is 9.59 Å². The summed E-state index contributed by atoms with van der Waals surface area (Å²) < 4.78 is 1.67. The molecule has 2 amide bonds. The van der Waals surface area contributed by atoms with Gasteiger partial charge < -0.3 is 4.90 Å². The lowest BCUT2D eigenvalue weighted by Gasteiger charge is -2.31. The molecule has 0 unspecified atom stereocenters. The number of carbonyl (C=O) groups excluding carboxylic acids is 2. The van der Waals surface area contributed by atoms with Gasteiger partial charge in [0, 0.05) is 37.5 Å². The van der Waals surface area contributed by atoms with Gasteiger partial charge in [0.1, 0.15) is 5.82 Å². The van der Waals surface area contributed by atoms with Gasteiger partial charge in [-0.25, -0.2) is 9.97 Å². The lowest BCUT2D eigenvalue weighted by Crippen LogP contribution is -2.37. The summed E-state index contributed by atoms with van der Waals surface area (Å²) in [5, 5.41) is 4.32. The lowest BCUT2D eigenvalue weighted by atomic mass is 10.0. The molecule has 0 aliphatic carbocycles. The summed E-state index contributed by atoms with van der Waals surface area (Å²) in [6.45, 7) is 4.96. The number of nitrogens with zero attached hydrogens (tertiary/aromatic N) is 6. The number of benzene rings is 1. The molecule has 3 aromatic rings. The Morgan fingerprint density at radius 2 is 1.88 bits per heavy atom. The van der Waals surface area contributed by atoms with E-state index < -0.39 is 0 Å². The topological polar surface area (TPSA) is 84.2 Å². The number of hydrogen-bond donors (Lipinski definition) is 0. The van der Waals surface area contributed by atoms with Crippen molar-refractivity contribution in [1.29, 1.82) is 0 Å². The normalized spacial score (nSPS) is 18.0. The minimum Gasteiger partial charge on any atom is -0.328 e. The van der Waals surface area contributed by atoms with Crippen LogP contribution in [0.1, 0.15) is 64.0 Å². The molecule has 1 saturated heterocycles. The second kappa shape index (κ2) is 8.42. The minimum atomic E-state index is -0.211. The molecule has 2 aliphatic rings. The van der Waals surface area contributed by atoms with Crippen LogP contribution in [0.15, 0.2) is 36.5 Å². The molecular formula is C25H28N6O2. The molecule has 170 valence electrons. The minimum absolute atomic E-state index is 0.0423. The highest BCUT2D eigenvalue weighted by atomic mass is 16.2. The van der Waals surface area contributed by atoms with E-state index in [1.54, 1.807) is 15.8 Å². The van der Waals surface area contributed by atoms with Crippen LogP contribution in [0.4, 0.5) is 5.82 Å². The molecule has 8 heteroatoms. The largest absolute Gasteiger partial charge is 0.328 e. The van der Waals surface area contributed by atoms with Crippen LogP contribution in [0.25, 0.3) is 0 Å². The van der Waals surface area contributed by atoms with Crippen molar-refractivity contribution in [2.75, 3.05) is 11.4 Å². The standard InChI is InChI=1S/C25H28N6O2/c1-16-19-11-12-22(32)31(14-18-8-5-4-6-9-18)24(19)27-23(26-16)21-10-7-13-30(21)25(33)20-15-29(3)28-17(20)2/h4-6,8-9,15,21H,7,10-14H2,1-3H3/t21-/m1/s1. The molecular weight excluding hydrogens is 416 g/mol. The van der Waals surface area contributed by atoms with E-state index in [0.29, 0.717) is 43.1 Å². The summed E-state index contributed by atoms with van der Waals surface area (Å²) in [4.78, 5) is 39.6. The summed E-state index contributed by atoms with van der Waals surface area (Å²) in [6, 6.07) is 9.74. The molecule has 2 aliphatic heterocycles. The summed E-state index contributed by atoms with van der Waals surface area (Å²) >= 11 is 0. The maximum atomic E-state index is 13.3. The summed E-state index contributed by atoms with van der Waals surface area (Å²) in [5.41, 5.74) is 4.29.